The normalized spacial score (nSPS) is 15.3. The monoisotopic (exact) mass is 1100 g/mol. The molecule has 0 bridgehead atoms. The van der Waals surface area contributed by atoms with Crippen LogP contribution in [0.2, 0.25) is 10.0 Å². The summed E-state index contributed by atoms with van der Waals surface area (Å²) in [4.78, 5) is 26.2. The summed E-state index contributed by atoms with van der Waals surface area (Å²) in [5.41, 5.74) is 9.15. The van der Waals surface area contributed by atoms with Crippen LogP contribution >= 0.6 is 45.9 Å². The molecule has 2 saturated heterocycles. The van der Waals surface area contributed by atoms with Gasteiger partial charge < -0.3 is 32.1 Å². The van der Waals surface area contributed by atoms with Crippen molar-refractivity contribution in [2.75, 3.05) is 54.9 Å². The average Bonchev–Trinajstić information content (AvgIpc) is 4.06. The molecule has 2 aliphatic rings. The van der Waals surface area contributed by atoms with Crippen LogP contribution < -0.4 is 27.0 Å². The van der Waals surface area contributed by atoms with Gasteiger partial charge in [0.05, 0.1) is 41.7 Å². The minimum Gasteiger partial charge on any atom is -0.397 e. The van der Waals surface area contributed by atoms with Crippen LogP contribution in [-0.2, 0) is 43.0 Å². The lowest BCUT2D eigenvalue weighted by Crippen LogP contribution is -2.42. The maximum Gasteiger partial charge on any atom is 0.252 e. The quantitative estimate of drug-likeness (QED) is 0.0486. The van der Waals surface area contributed by atoms with E-state index in [2.05, 4.69) is 21.3 Å². The second kappa shape index (κ2) is 24.1. The molecule has 16 nitrogen and oxygen atoms in total. The number of nitrogens with one attached hydrogen (secondary N) is 4. The highest BCUT2D eigenvalue weighted by molar-refractivity contribution is 7.92. The number of sulfone groups is 1. The van der Waals surface area contributed by atoms with Gasteiger partial charge in [-0.3, -0.25) is 9.59 Å². The van der Waals surface area contributed by atoms with Crippen LogP contribution in [0, 0.1) is 0 Å². The Balaban J connectivity index is 0.000000211. The van der Waals surface area contributed by atoms with Crippen LogP contribution in [0.4, 0.5) is 17.1 Å². The van der Waals surface area contributed by atoms with Gasteiger partial charge in [-0.15, -0.1) is 22.7 Å². The van der Waals surface area contributed by atoms with E-state index >= 15 is 0 Å². The summed E-state index contributed by atoms with van der Waals surface area (Å²) < 4.78 is 80.6. The SMILES string of the molecule is Nc1ccccc1NC1CCN(S(=O)(=O)c2ccc(CNC(=O)c3ccc(Cl)cc3)s2)CC1.O=C(NCc1ccc(S(=O)(=O)N2CCC(Nc3cccc(S(=O)(=O)CCO)c3)CC2)s1)c1ccc(Cl)cc1. The van der Waals surface area contributed by atoms with Crippen LogP contribution in [0.3, 0.4) is 0 Å². The standard InChI is InChI=1S/C25H28ClN3O6S3.C23H25ClN4O3S2/c26-19-6-4-18(5-7-19)25(31)27-17-22-8-9-24(36-22)38(34,35)29-12-10-20(11-13-29)28-21-2-1-3-23(16-21)37(32,33)15-14-30;24-17-7-5-16(6-8-17)23(29)26-15-19-9-10-22(32-19)33(30,31)28-13-11-18(12-14-28)27-21-4-2-1-3-20(21)25/h1-9,16,20,28,30H,10-15,17H2,(H,27,31);1-10,18,27H,11-15,25H2,(H,26,29). The molecule has 0 atom stereocenters. The van der Waals surface area contributed by atoms with E-state index in [-0.39, 0.29) is 56.1 Å². The number of nitrogens with two attached hydrogens (primary N) is 1. The first-order chi connectivity index (χ1) is 33.9. The van der Waals surface area contributed by atoms with Crippen molar-refractivity contribution in [2.24, 2.45) is 0 Å². The predicted octanol–water partition coefficient (Wildman–Crippen LogP) is 7.54. The summed E-state index contributed by atoms with van der Waals surface area (Å²) in [5, 5.41) is 22.4. The third-order valence-electron chi connectivity index (χ3n) is 11.7. The van der Waals surface area contributed by atoms with E-state index in [1.807, 2.05) is 24.3 Å². The number of carbonyl (C=O) groups is 2. The van der Waals surface area contributed by atoms with Gasteiger partial charge in [-0.1, -0.05) is 41.4 Å². The van der Waals surface area contributed by atoms with E-state index in [1.165, 1.54) is 32.1 Å². The van der Waals surface area contributed by atoms with Crippen molar-refractivity contribution in [1.82, 2.24) is 19.2 Å². The van der Waals surface area contributed by atoms with Gasteiger partial charge in [-0.2, -0.15) is 8.61 Å². The van der Waals surface area contributed by atoms with Crippen molar-refractivity contribution in [1.29, 1.82) is 0 Å². The van der Waals surface area contributed by atoms with Gasteiger partial charge in [0.2, 0.25) is 0 Å². The molecule has 4 heterocycles. The molecule has 0 saturated carbocycles. The molecule has 0 aliphatic carbocycles. The summed E-state index contributed by atoms with van der Waals surface area (Å²) in [5.74, 6) is -0.852. The number of hydrogen-bond acceptors (Lipinski definition) is 14. The number of halogens is 2. The van der Waals surface area contributed by atoms with Gasteiger partial charge in [0.1, 0.15) is 8.42 Å². The Labute approximate surface area is 432 Å². The number of piperidine rings is 2. The summed E-state index contributed by atoms with van der Waals surface area (Å²) >= 11 is 14.0. The fraction of sp³-hybridized carbons (Fsp3) is 0.292. The lowest BCUT2D eigenvalue weighted by Gasteiger charge is -2.32. The van der Waals surface area contributed by atoms with E-state index in [1.54, 1.807) is 84.9 Å². The van der Waals surface area contributed by atoms with Gasteiger partial charge in [-0.25, -0.2) is 25.3 Å². The summed E-state index contributed by atoms with van der Waals surface area (Å²) in [6, 6.07) is 33.9. The number of rotatable bonds is 17. The average molecular weight is 1100 g/mol. The Kier molecular flexibility index (Phi) is 18.2. The highest BCUT2D eigenvalue weighted by Crippen LogP contribution is 2.31. The van der Waals surface area contributed by atoms with E-state index in [0.29, 0.717) is 84.4 Å². The van der Waals surface area contributed by atoms with Crippen molar-refractivity contribution in [3.05, 3.63) is 152 Å². The number of hydrogen-bond donors (Lipinski definition) is 6. The Hall–Kier alpha value is -5.07. The molecule has 7 N–H and O–H groups in total. The second-order valence-corrected chi connectivity index (χ2v) is 26.3. The molecule has 2 fully saturated rings. The van der Waals surface area contributed by atoms with Gasteiger partial charge in [0.25, 0.3) is 31.9 Å². The number of para-hydroxylation sites is 2. The van der Waals surface area contributed by atoms with E-state index < -0.39 is 36.5 Å². The van der Waals surface area contributed by atoms with Crippen molar-refractivity contribution < 1.29 is 39.9 Å². The lowest BCUT2D eigenvalue weighted by atomic mass is 10.1. The smallest absolute Gasteiger partial charge is 0.252 e. The Bertz CT molecular complexity index is 3120. The molecule has 4 aromatic carbocycles. The number of anilines is 3. The topological polar surface area (TPSA) is 237 Å². The molecule has 0 unspecified atom stereocenters. The molecule has 2 aromatic heterocycles. The zero-order chi connectivity index (χ0) is 50.8. The highest BCUT2D eigenvalue weighted by atomic mass is 35.5. The zero-order valence-electron chi connectivity index (χ0n) is 38.2. The molecule has 8 rings (SSSR count). The van der Waals surface area contributed by atoms with Crippen molar-refractivity contribution in [3.8, 4) is 0 Å². The Morgan fingerprint density at radius 1 is 0.606 bits per heavy atom. The fourth-order valence-corrected chi connectivity index (χ4v) is 14.9. The van der Waals surface area contributed by atoms with Gasteiger partial charge in [0, 0.05) is 74.9 Å². The van der Waals surface area contributed by atoms with E-state index in [4.69, 9.17) is 34.0 Å². The molecule has 2 amide bonds. The predicted molar refractivity (Wildman–Crippen MR) is 281 cm³/mol. The van der Waals surface area contributed by atoms with Gasteiger partial charge in [-0.05, 0) is 129 Å². The molecule has 0 radical (unpaired) electrons. The molecule has 0 spiro atoms. The van der Waals surface area contributed by atoms with Crippen molar-refractivity contribution in [3.63, 3.8) is 0 Å². The van der Waals surface area contributed by atoms with Gasteiger partial charge in [0.15, 0.2) is 9.84 Å². The highest BCUT2D eigenvalue weighted by Gasteiger charge is 2.32. The molecule has 71 heavy (non-hydrogen) atoms. The molecule has 23 heteroatoms. The van der Waals surface area contributed by atoms with E-state index in [9.17, 15) is 34.8 Å². The number of aliphatic hydroxyl groups is 1. The number of amides is 2. The molecule has 378 valence electrons. The maximum atomic E-state index is 13.2. The first-order valence-electron chi connectivity index (χ1n) is 22.5. The van der Waals surface area contributed by atoms with Crippen LogP contribution in [0.1, 0.15) is 56.2 Å². The largest absolute Gasteiger partial charge is 0.397 e. The third-order valence-corrected chi connectivity index (χ3v) is 20.8. The number of carbonyl (C=O) groups excluding carboxylic acids is 2. The van der Waals surface area contributed by atoms with Crippen LogP contribution in [0.5, 0.6) is 0 Å². The molecule has 6 aromatic rings. The summed E-state index contributed by atoms with van der Waals surface area (Å²) in [6.45, 7) is 1.54. The summed E-state index contributed by atoms with van der Waals surface area (Å²) in [6.07, 6.45) is 2.51. The first kappa shape index (κ1) is 53.7. The van der Waals surface area contributed by atoms with Crippen LogP contribution in [-0.4, -0.2) is 101 Å². The number of benzene rings is 4. The number of nitrogen functional groups attached to an aromatic ring is 1. The fourth-order valence-electron chi connectivity index (χ4n) is 7.76. The van der Waals surface area contributed by atoms with Crippen LogP contribution in [0.15, 0.2) is 135 Å². The lowest BCUT2D eigenvalue weighted by molar-refractivity contribution is 0.0943. The number of aliphatic hydroxyl groups excluding tert-OH is 1. The number of sulfonamides is 2. The molecular formula is C48H53Cl2N7O9S5. The van der Waals surface area contributed by atoms with E-state index in [0.717, 1.165) is 26.8 Å². The number of thiophene rings is 2. The summed E-state index contributed by atoms with van der Waals surface area (Å²) in [7, 11) is -10.8. The van der Waals surface area contributed by atoms with Crippen molar-refractivity contribution in [2.45, 2.75) is 64.2 Å². The maximum absolute atomic E-state index is 13.2. The molecule has 2 aliphatic heterocycles. The van der Waals surface area contributed by atoms with Crippen LogP contribution in [0.25, 0.3) is 0 Å². The van der Waals surface area contributed by atoms with Crippen molar-refractivity contribution >= 4 is 105 Å². The minimum absolute atomic E-state index is 0.0146. The Morgan fingerprint density at radius 3 is 1.54 bits per heavy atom. The Morgan fingerprint density at radius 2 is 1.07 bits per heavy atom. The third kappa shape index (κ3) is 14.3. The first-order valence-corrected chi connectivity index (χ1v) is 29.4. The zero-order valence-corrected chi connectivity index (χ0v) is 43.8. The number of nitrogens with zero attached hydrogens (tertiary/aromatic N) is 2. The molecular weight excluding hydrogens is 1050 g/mol. The minimum atomic E-state index is -3.67. The van der Waals surface area contributed by atoms with Gasteiger partial charge >= 0.3 is 0 Å². The second-order valence-electron chi connectivity index (χ2n) is 16.6.